The molecule has 1 aliphatic heterocycles. The zero-order valence-electron chi connectivity index (χ0n) is 11.6. The van der Waals surface area contributed by atoms with Crippen LogP contribution in [0.25, 0.3) is 10.9 Å². The van der Waals surface area contributed by atoms with E-state index in [0.29, 0.717) is 11.4 Å². The van der Waals surface area contributed by atoms with E-state index in [0.717, 1.165) is 36.8 Å². The van der Waals surface area contributed by atoms with Gasteiger partial charge < -0.3 is 20.4 Å². The van der Waals surface area contributed by atoms with Crippen LogP contribution in [-0.4, -0.2) is 42.1 Å². The number of carbonyl (C=O) groups excluding carboxylic acids is 1. The van der Waals surface area contributed by atoms with Gasteiger partial charge in [0.1, 0.15) is 11.8 Å². The summed E-state index contributed by atoms with van der Waals surface area (Å²) in [6, 6.07) is 7.32. The van der Waals surface area contributed by atoms with Crippen molar-refractivity contribution in [1.82, 2.24) is 9.88 Å². The Balaban J connectivity index is 1.72. The Morgan fingerprint density at radius 2 is 2.10 bits per heavy atom. The molecule has 20 heavy (non-hydrogen) atoms. The fraction of sp³-hybridized carbons (Fsp3) is 0.400. The smallest absolute Gasteiger partial charge is 0.355 e. The highest BCUT2D eigenvalue weighted by molar-refractivity contribution is 5.95. The summed E-state index contributed by atoms with van der Waals surface area (Å²) in [5.41, 5.74) is 7.81. The number of nitrogens with two attached hydrogens (primary N) is 1. The number of H-pyrrole nitrogens is 1. The molecule has 1 aromatic carbocycles. The Morgan fingerprint density at radius 1 is 1.35 bits per heavy atom. The molecule has 0 bridgehead atoms. The molecule has 1 fully saturated rings. The summed E-state index contributed by atoms with van der Waals surface area (Å²) >= 11 is 0. The molecular weight excluding hydrogens is 254 g/mol. The van der Waals surface area contributed by atoms with Crippen molar-refractivity contribution in [2.45, 2.75) is 18.9 Å². The molecule has 3 rings (SSSR count). The molecule has 1 aromatic heterocycles. The van der Waals surface area contributed by atoms with Crippen molar-refractivity contribution >= 4 is 22.6 Å². The third-order valence-corrected chi connectivity index (χ3v) is 3.80. The molecule has 0 radical (unpaired) electrons. The number of piperidine rings is 1. The van der Waals surface area contributed by atoms with E-state index in [1.165, 1.54) is 0 Å². The van der Waals surface area contributed by atoms with Gasteiger partial charge >= 0.3 is 5.97 Å². The highest BCUT2D eigenvalue weighted by Crippen LogP contribution is 2.20. The minimum atomic E-state index is -0.283. The van der Waals surface area contributed by atoms with Gasteiger partial charge in [0.2, 0.25) is 0 Å². The molecule has 3 N–H and O–H groups in total. The fourth-order valence-corrected chi connectivity index (χ4v) is 2.58. The number of hydrogen-bond acceptors (Lipinski definition) is 4. The molecule has 0 unspecified atom stereocenters. The molecule has 5 nitrogen and oxygen atoms in total. The molecular formula is C15H19N3O2. The van der Waals surface area contributed by atoms with Crippen LogP contribution < -0.4 is 5.73 Å². The van der Waals surface area contributed by atoms with E-state index in [-0.39, 0.29) is 12.1 Å². The van der Waals surface area contributed by atoms with Gasteiger partial charge in [-0.2, -0.15) is 0 Å². The molecule has 2 heterocycles. The summed E-state index contributed by atoms with van der Waals surface area (Å²) in [7, 11) is 2.08. The maximum absolute atomic E-state index is 12.2. The van der Waals surface area contributed by atoms with Gasteiger partial charge in [-0.05, 0) is 44.2 Å². The van der Waals surface area contributed by atoms with E-state index in [1.807, 2.05) is 18.2 Å². The van der Waals surface area contributed by atoms with Crippen LogP contribution in [0.4, 0.5) is 5.69 Å². The third kappa shape index (κ3) is 2.63. The first-order valence-corrected chi connectivity index (χ1v) is 6.89. The van der Waals surface area contributed by atoms with Crippen LogP contribution in [0, 0.1) is 0 Å². The number of carbonyl (C=O) groups is 1. The van der Waals surface area contributed by atoms with Crippen molar-refractivity contribution in [3.63, 3.8) is 0 Å². The number of ether oxygens (including phenoxy) is 1. The van der Waals surface area contributed by atoms with E-state index < -0.39 is 0 Å². The number of rotatable bonds is 2. The fourth-order valence-electron chi connectivity index (χ4n) is 2.58. The summed E-state index contributed by atoms with van der Waals surface area (Å²) in [5.74, 6) is -0.283. The lowest BCUT2D eigenvalue weighted by Crippen LogP contribution is -2.35. The number of fused-ring (bicyclic) bond motifs is 1. The Labute approximate surface area is 117 Å². The van der Waals surface area contributed by atoms with Crippen molar-refractivity contribution in [3.05, 3.63) is 30.0 Å². The normalized spacial score (nSPS) is 17.4. The quantitative estimate of drug-likeness (QED) is 0.648. The van der Waals surface area contributed by atoms with Crippen molar-refractivity contribution in [2.24, 2.45) is 0 Å². The minimum Gasteiger partial charge on any atom is -0.458 e. The second-order valence-electron chi connectivity index (χ2n) is 5.44. The molecule has 106 valence electrons. The topological polar surface area (TPSA) is 71.3 Å². The van der Waals surface area contributed by atoms with Crippen LogP contribution in [0.2, 0.25) is 0 Å². The summed E-state index contributed by atoms with van der Waals surface area (Å²) in [6.45, 7) is 1.95. The lowest BCUT2D eigenvalue weighted by molar-refractivity contribution is 0.0134. The SMILES string of the molecule is CN1CCC(OC(=O)c2cc3cc(N)ccc3[nH]2)CC1. The van der Waals surface area contributed by atoms with E-state index in [9.17, 15) is 4.79 Å². The molecule has 0 atom stereocenters. The first-order chi connectivity index (χ1) is 9.61. The molecule has 0 aliphatic carbocycles. The zero-order chi connectivity index (χ0) is 14.1. The maximum atomic E-state index is 12.2. The summed E-state index contributed by atoms with van der Waals surface area (Å²) in [5, 5.41) is 0.931. The Morgan fingerprint density at radius 3 is 2.85 bits per heavy atom. The van der Waals surface area contributed by atoms with Gasteiger partial charge in [0.15, 0.2) is 0 Å². The number of aromatic nitrogens is 1. The Bertz CT molecular complexity index is 627. The van der Waals surface area contributed by atoms with Gasteiger partial charge in [0, 0.05) is 29.7 Å². The molecule has 1 aliphatic rings. The number of aromatic amines is 1. The molecule has 2 aromatic rings. The number of hydrogen-bond donors (Lipinski definition) is 2. The second-order valence-corrected chi connectivity index (χ2v) is 5.44. The van der Waals surface area contributed by atoms with Crippen LogP contribution >= 0.6 is 0 Å². The molecule has 5 heteroatoms. The molecule has 0 saturated carbocycles. The lowest BCUT2D eigenvalue weighted by Gasteiger charge is -2.28. The number of nitrogen functional groups attached to an aromatic ring is 1. The third-order valence-electron chi connectivity index (χ3n) is 3.80. The monoisotopic (exact) mass is 273 g/mol. The van der Waals surface area contributed by atoms with Gasteiger partial charge in [-0.1, -0.05) is 0 Å². The number of anilines is 1. The first-order valence-electron chi connectivity index (χ1n) is 6.89. The molecule has 1 saturated heterocycles. The number of nitrogens with zero attached hydrogens (tertiary/aromatic N) is 1. The van der Waals surface area contributed by atoms with Gasteiger partial charge in [0.05, 0.1) is 0 Å². The largest absolute Gasteiger partial charge is 0.458 e. The van der Waals surface area contributed by atoms with E-state index in [1.54, 1.807) is 6.07 Å². The Hall–Kier alpha value is -2.01. The summed E-state index contributed by atoms with van der Waals surface area (Å²) < 4.78 is 5.56. The zero-order valence-corrected chi connectivity index (χ0v) is 11.6. The number of esters is 1. The van der Waals surface area contributed by atoms with Crippen LogP contribution in [0.15, 0.2) is 24.3 Å². The van der Waals surface area contributed by atoms with Crippen molar-refractivity contribution in [3.8, 4) is 0 Å². The van der Waals surface area contributed by atoms with Crippen LogP contribution in [0.5, 0.6) is 0 Å². The second kappa shape index (κ2) is 5.17. The van der Waals surface area contributed by atoms with Crippen molar-refractivity contribution < 1.29 is 9.53 Å². The van der Waals surface area contributed by atoms with E-state index >= 15 is 0 Å². The van der Waals surface area contributed by atoms with Crippen molar-refractivity contribution in [1.29, 1.82) is 0 Å². The standard InChI is InChI=1S/C15H19N3O2/c1-18-6-4-12(5-7-18)20-15(19)14-9-10-8-11(16)2-3-13(10)17-14/h2-3,8-9,12,17H,4-7,16H2,1H3. The first kappa shape index (κ1) is 13.0. The van der Waals surface area contributed by atoms with Gasteiger partial charge in [-0.25, -0.2) is 4.79 Å². The summed E-state index contributed by atoms with van der Waals surface area (Å²) in [6.07, 6.45) is 1.82. The number of nitrogens with one attached hydrogen (secondary N) is 1. The average Bonchev–Trinajstić information content (AvgIpc) is 2.84. The highest BCUT2D eigenvalue weighted by atomic mass is 16.5. The Kier molecular flexibility index (Phi) is 3.36. The number of benzene rings is 1. The number of likely N-dealkylation sites (tertiary alicyclic amines) is 1. The predicted molar refractivity (Wildman–Crippen MR) is 78.6 cm³/mol. The van der Waals surface area contributed by atoms with Gasteiger partial charge in [-0.3, -0.25) is 0 Å². The van der Waals surface area contributed by atoms with Crippen LogP contribution in [-0.2, 0) is 4.74 Å². The average molecular weight is 273 g/mol. The molecule has 0 spiro atoms. The van der Waals surface area contributed by atoms with Crippen LogP contribution in [0.3, 0.4) is 0 Å². The van der Waals surface area contributed by atoms with E-state index in [4.69, 9.17) is 10.5 Å². The van der Waals surface area contributed by atoms with Gasteiger partial charge in [-0.15, -0.1) is 0 Å². The van der Waals surface area contributed by atoms with E-state index in [2.05, 4.69) is 16.9 Å². The van der Waals surface area contributed by atoms with Gasteiger partial charge in [0.25, 0.3) is 0 Å². The molecule has 0 amide bonds. The summed E-state index contributed by atoms with van der Waals surface area (Å²) in [4.78, 5) is 17.5. The highest BCUT2D eigenvalue weighted by Gasteiger charge is 2.21. The maximum Gasteiger partial charge on any atom is 0.355 e. The van der Waals surface area contributed by atoms with Crippen LogP contribution in [0.1, 0.15) is 23.3 Å². The predicted octanol–water partition coefficient (Wildman–Crippen LogP) is 2.00. The van der Waals surface area contributed by atoms with Crippen molar-refractivity contribution in [2.75, 3.05) is 25.9 Å². The minimum absolute atomic E-state index is 0.0233. The lowest BCUT2D eigenvalue weighted by atomic mass is 10.1.